The molecule has 1 rings (SSSR count). The van der Waals surface area contributed by atoms with E-state index in [0.717, 1.165) is 5.56 Å². The van der Waals surface area contributed by atoms with Gasteiger partial charge in [-0.15, -0.1) is 0 Å². The minimum atomic E-state index is -0.221. The van der Waals surface area contributed by atoms with Gasteiger partial charge in [0.1, 0.15) is 0 Å². The fraction of sp³-hybridized carbons (Fsp3) is 0.111. The molecule has 0 aliphatic rings. The van der Waals surface area contributed by atoms with Gasteiger partial charge in [-0.05, 0) is 17.7 Å². The van der Waals surface area contributed by atoms with Gasteiger partial charge in [-0.1, -0.05) is 29.3 Å². The van der Waals surface area contributed by atoms with Crippen molar-refractivity contribution in [3.8, 4) is 0 Å². The number of nitrogens with one attached hydrogen (secondary N) is 1. The van der Waals surface area contributed by atoms with Gasteiger partial charge in [0.25, 0.3) is 0 Å². The van der Waals surface area contributed by atoms with Crippen LogP contribution in [0, 0.1) is 0 Å². The summed E-state index contributed by atoms with van der Waals surface area (Å²) in [5.74, 6) is -0.221. The average Bonchev–Trinajstić information content (AvgIpc) is 2.10. The van der Waals surface area contributed by atoms with E-state index in [1.54, 1.807) is 18.2 Å². The van der Waals surface area contributed by atoms with Crippen LogP contribution in [-0.4, -0.2) is 12.1 Å². The van der Waals surface area contributed by atoms with Crippen molar-refractivity contribution in [2.24, 2.45) is 5.10 Å². The van der Waals surface area contributed by atoms with E-state index in [1.807, 2.05) is 0 Å². The van der Waals surface area contributed by atoms with Gasteiger partial charge in [0.05, 0.1) is 16.3 Å². The predicted octanol–water partition coefficient (Wildman–Crippen LogP) is 2.46. The first-order chi connectivity index (χ1) is 6.59. The quantitative estimate of drug-likeness (QED) is 0.616. The van der Waals surface area contributed by atoms with Gasteiger partial charge in [-0.3, -0.25) is 4.79 Å². The number of benzene rings is 1. The van der Waals surface area contributed by atoms with Crippen molar-refractivity contribution in [3.05, 3.63) is 33.8 Å². The number of hydrogen-bond donors (Lipinski definition) is 1. The summed E-state index contributed by atoms with van der Waals surface area (Å²) in [6.45, 7) is 1.38. The van der Waals surface area contributed by atoms with Crippen LogP contribution in [0.25, 0.3) is 0 Å². The molecule has 14 heavy (non-hydrogen) atoms. The molecule has 0 saturated carbocycles. The molecule has 0 unspecified atom stereocenters. The highest BCUT2D eigenvalue weighted by Gasteiger charge is 1.96. The summed E-state index contributed by atoms with van der Waals surface area (Å²) in [6.07, 6.45) is 1.49. The number of halogens is 2. The van der Waals surface area contributed by atoms with Crippen molar-refractivity contribution in [3.63, 3.8) is 0 Å². The van der Waals surface area contributed by atoms with Gasteiger partial charge in [-0.25, -0.2) is 5.43 Å². The van der Waals surface area contributed by atoms with E-state index in [2.05, 4.69) is 10.5 Å². The number of hydrazone groups is 1. The number of amides is 1. The van der Waals surface area contributed by atoms with Crippen LogP contribution in [0.2, 0.25) is 10.0 Å². The fourth-order valence-electron chi connectivity index (χ4n) is 0.790. The molecule has 1 aromatic rings. The Hall–Kier alpha value is -1.06. The van der Waals surface area contributed by atoms with Crippen molar-refractivity contribution in [2.45, 2.75) is 6.92 Å². The molecule has 1 N–H and O–H groups in total. The van der Waals surface area contributed by atoms with Crippen LogP contribution in [0.15, 0.2) is 23.3 Å². The summed E-state index contributed by atoms with van der Waals surface area (Å²) in [5.41, 5.74) is 3.05. The molecular formula is C9H8Cl2N2O. The van der Waals surface area contributed by atoms with Crippen LogP contribution in [0.1, 0.15) is 12.5 Å². The van der Waals surface area contributed by atoms with Gasteiger partial charge in [0.2, 0.25) is 5.91 Å². The summed E-state index contributed by atoms with van der Waals surface area (Å²) >= 11 is 11.5. The van der Waals surface area contributed by atoms with Gasteiger partial charge in [0, 0.05) is 6.92 Å². The summed E-state index contributed by atoms with van der Waals surface area (Å²) < 4.78 is 0. The molecule has 0 aromatic heterocycles. The topological polar surface area (TPSA) is 41.5 Å². The van der Waals surface area contributed by atoms with Crippen LogP contribution >= 0.6 is 23.2 Å². The first kappa shape index (κ1) is 11.0. The van der Waals surface area contributed by atoms with Gasteiger partial charge in [-0.2, -0.15) is 5.10 Å². The molecule has 0 bridgehead atoms. The molecule has 0 aliphatic heterocycles. The minimum absolute atomic E-state index is 0.221. The second-order valence-electron chi connectivity index (χ2n) is 2.60. The first-order valence-electron chi connectivity index (χ1n) is 3.84. The van der Waals surface area contributed by atoms with E-state index in [1.165, 1.54) is 13.1 Å². The highest BCUT2D eigenvalue weighted by atomic mass is 35.5. The Bertz CT molecular complexity index is 377. The van der Waals surface area contributed by atoms with Crippen LogP contribution in [0.4, 0.5) is 0 Å². The zero-order valence-corrected chi connectivity index (χ0v) is 8.93. The van der Waals surface area contributed by atoms with Crippen molar-refractivity contribution >= 4 is 35.3 Å². The van der Waals surface area contributed by atoms with Crippen LogP contribution in [-0.2, 0) is 4.79 Å². The zero-order chi connectivity index (χ0) is 10.6. The molecule has 0 saturated heterocycles. The molecule has 0 aliphatic carbocycles. The highest BCUT2D eigenvalue weighted by molar-refractivity contribution is 6.42. The lowest BCUT2D eigenvalue weighted by atomic mass is 10.2. The second kappa shape index (κ2) is 4.98. The van der Waals surface area contributed by atoms with E-state index in [9.17, 15) is 4.79 Å². The smallest absolute Gasteiger partial charge is 0.236 e. The summed E-state index contributed by atoms with van der Waals surface area (Å²) in [5, 5.41) is 4.63. The highest BCUT2D eigenvalue weighted by Crippen LogP contribution is 2.21. The Morgan fingerprint density at radius 2 is 2.14 bits per heavy atom. The third-order valence-electron chi connectivity index (χ3n) is 1.38. The van der Waals surface area contributed by atoms with E-state index in [0.29, 0.717) is 10.0 Å². The predicted molar refractivity (Wildman–Crippen MR) is 57.9 cm³/mol. The molecule has 0 atom stereocenters. The lowest BCUT2D eigenvalue weighted by Crippen LogP contribution is -2.12. The Morgan fingerprint density at radius 3 is 2.71 bits per heavy atom. The van der Waals surface area contributed by atoms with Crippen molar-refractivity contribution in [2.75, 3.05) is 0 Å². The second-order valence-corrected chi connectivity index (χ2v) is 3.41. The normalized spacial score (nSPS) is 10.5. The lowest BCUT2D eigenvalue weighted by molar-refractivity contribution is -0.118. The lowest BCUT2D eigenvalue weighted by Gasteiger charge is -1.96. The van der Waals surface area contributed by atoms with E-state index >= 15 is 0 Å². The van der Waals surface area contributed by atoms with Crippen LogP contribution in [0.5, 0.6) is 0 Å². The third kappa shape index (κ3) is 3.36. The Balaban J connectivity index is 2.73. The van der Waals surface area contributed by atoms with E-state index in [4.69, 9.17) is 23.2 Å². The van der Waals surface area contributed by atoms with Gasteiger partial charge < -0.3 is 0 Å². The molecule has 1 aromatic carbocycles. The molecular weight excluding hydrogens is 223 g/mol. The summed E-state index contributed by atoms with van der Waals surface area (Å²) in [7, 11) is 0. The maximum atomic E-state index is 10.5. The molecule has 0 spiro atoms. The summed E-state index contributed by atoms with van der Waals surface area (Å²) in [6, 6.07) is 5.08. The average molecular weight is 231 g/mol. The number of carbonyl (C=O) groups excluding carboxylic acids is 1. The molecule has 0 fully saturated rings. The molecule has 0 heterocycles. The Labute approximate surface area is 91.7 Å². The largest absolute Gasteiger partial charge is 0.274 e. The van der Waals surface area contributed by atoms with Crippen molar-refractivity contribution in [1.29, 1.82) is 0 Å². The number of nitrogens with zero attached hydrogens (tertiary/aromatic N) is 1. The molecule has 1 amide bonds. The van der Waals surface area contributed by atoms with Gasteiger partial charge >= 0.3 is 0 Å². The van der Waals surface area contributed by atoms with Crippen LogP contribution < -0.4 is 5.43 Å². The number of carbonyl (C=O) groups is 1. The standard InChI is InChI=1S/C9H8Cl2N2O/c1-6(14)13-12-5-7-2-3-8(10)9(11)4-7/h2-5H,1H3,(H,13,14). The number of hydrogen-bond acceptors (Lipinski definition) is 2. The minimum Gasteiger partial charge on any atom is -0.274 e. The molecule has 0 radical (unpaired) electrons. The zero-order valence-electron chi connectivity index (χ0n) is 7.42. The molecule has 5 heteroatoms. The van der Waals surface area contributed by atoms with Crippen molar-refractivity contribution in [1.82, 2.24) is 5.43 Å². The maximum absolute atomic E-state index is 10.5. The van der Waals surface area contributed by atoms with E-state index < -0.39 is 0 Å². The SMILES string of the molecule is CC(=O)NN=Cc1ccc(Cl)c(Cl)c1. The van der Waals surface area contributed by atoms with Gasteiger partial charge in [0.15, 0.2) is 0 Å². The molecule has 3 nitrogen and oxygen atoms in total. The number of rotatable bonds is 2. The monoisotopic (exact) mass is 230 g/mol. The molecule has 74 valence electrons. The van der Waals surface area contributed by atoms with Crippen molar-refractivity contribution < 1.29 is 4.79 Å². The maximum Gasteiger partial charge on any atom is 0.236 e. The fourth-order valence-corrected chi connectivity index (χ4v) is 1.10. The third-order valence-corrected chi connectivity index (χ3v) is 2.12. The first-order valence-corrected chi connectivity index (χ1v) is 4.60. The summed E-state index contributed by atoms with van der Waals surface area (Å²) in [4.78, 5) is 10.5. The van der Waals surface area contributed by atoms with E-state index in [-0.39, 0.29) is 5.91 Å². The Morgan fingerprint density at radius 1 is 1.43 bits per heavy atom. The van der Waals surface area contributed by atoms with Crippen LogP contribution in [0.3, 0.4) is 0 Å². The Kier molecular flexibility index (Phi) is 3.92.